The molecule has 2 nitrogen and oxygen atoms in total. The van der Waals surface area contributed by atoms with Crippen molar-refractivity contribution < 1.29 is 4.74 Å². The van der Waals surface area contributed by atoms with Gasteiger partial charge in [0.1, 0.15) is 0 Å². The zero-order chi connectivity index (χ0) is 12.8. The Kier molecular flexibility index (Phi) is 5.09. The number of rotatable bonds is 8. The van der Waals surface area contributed by atoms with Crippen molar-refractivity contribution in [2.75, 3.05) is 13.2 Å². The van der Waals surface area contributed by atoms with Gasteiger partial charge in [0, 0.05) is 11.1 Å². The zero-order valence-electron chi connectivity index (χ0n) is 10.6. The second-order valence-electron chi connectivity index (χ2n) is 4.71. The number of nitrogens with one attached hydrogen (secondary N) is 1. The molecule has 1 atom stereocenters. The van der Waals surface area contributed by atoms with Crippen LogP contribution < -0.4 is 5.32 Å². The topological polar surface area (TPSA) is 21.3 Å². The van der Waals surface area contributed by atoms with Gasteiger partial charge in [-0.2, -0.15) is 0 Å². The SMILES string of the molecule is C=COCCCNC(c1ccc(Cl)cc1)C1CC1. The molecule has 0 saturated heterocycles. The third kappa shape index (κ3) is 4.04. The average Bonchev–Trinajstić information content (AvgIpc) is 3.20. The van der Waals surface area contributed by atoms with Gasteiger partial charge in [0.05, 0.1) is 12.9 Å². The molecule has 2 rings (SSSR count). The van der Waals surface area contributed by atoms with E-state index in [4.69, 9.17) is 16.3 Å². The van der Waals surface area contributed by atoms with Crippen LogP contribution in [0.3, 0.4) is 0 Å². The van der Waals surface area contributed by atoms with E-state index in [0.29, 0.717) is 6.04 Å². The van der Waals surface area contributed by atoms with Gasteiger partial charge in [-0.05, 0) is 49.4 Å². The molecule has 1 fully saturated rings. The molecule has 0 heterocycles. The second kappa shape index (κ2) is 6.81. The molecule has 1 aromatic rings. The first-order valence-electron chi connectivity index (χ1n) is 6.52. The summed E-state index contributed by atoms with van der Waals surface area (Å²) in [6.07, 6.45) is 5.15. The van der Waals surface area contributed by atoms with Crippen LogP contribution in [-0.2, 0) is 4.74 Å². The van der Waals surface area contributed by atoms with Crippen molar-refractivity contribution >= 4 is 11.6 Å². The maximum atomic E-state index is 5.93. The fourth-order valence-corrected chi connectivity index (χ4v) is 2.28. The van der Waals surface area contributed by atoms with Gasteiger partial charge in [-0.25, -0.2) is 0 Å². The van der Waals surface area contributed by atoms with Crippen LogP contribution in [0, 0.1) is 5.92 Å². The van der Waals surface area contributed by atoms with Gasteiger partial charge in [0.2, 0.25) is 0 Å². The molecule has 3 heteroatoms. The summed E-state index contributed by atoms with van der Waals surface area (Å²) in [5, 5.41) is 4.42. The van der Waals surface area contributed by atoms with E-state index in [1.54, 1.807) is 0 Å². The van der Waals surface area contributed by atoms with E-state index in [-0.39, 0.29) is 0 Å². The predicted molar refractivity (Wildman–Crippen MR) is 75.7 cm³/mol. The second-order valence-corrected chi connectivity index (χ2v) is 5.15. The van der Waals surface area contributed by atoms with Crippen LogP contribution in [-0.4, -0.2) is 13.2 Å². The highest BCUT2D eigenvalue weighted by Crippen LogP contribution is 2.41. The van der Waals surface area contributed by atoms with Gasteiger partial charge in [0.15, 0.2) is 0 Å². The van der Waals surface area contributed by atoms with Crippen LogP contribution >= 0.6 is 11.6 Å². The first kappa shape index (κ1) is 13.4. The van der Waals surface area contributed by atoms with E-state index >= 15 is 0 Å². The molecule has 0 amide bonds. The molecule has 1 aromatic carbocycles. The van der Waals surface area contributed by atoms with E-state index in [1.807, 2.05) is 12.1 Å². The van der Waals surface area contributed by atoms with Gasteiger partial charge < -0.3 is 10.1 Å². The maximum Gasteiger partial charge on any atom is 0.0885 e. The summed E-state index contributed by atoms with van der Waals surface area (Å²) >= 11 is 5.93. The summed E-state index contributed by atoms with van der Waals surface area (Å²) in [7, 11) is 0. The Hall–Kier alpha value is -0.990. The van der Waals surface area contributed by atoms with Crippen LogP contribution in [0.15, 0.2) is 37.1 Å². The Labute approximate surface area is 114 Å². The molecular formula is C15H20ClNO. The van der Waals surface area contributed by atoms with Crippen molar-refractivity contribution in [3.8, 4) is 0 Å². The summed E-state index contributed by atoms with van der Waals surface area (Å²) in [5.41, 5.74) is 1.34. The van der Waals surface area contributed by atoms with Crippen molar-refractivity contribution in [3.05, 3.63) is 47.7 Å². The van der Waals surface area contributed by atoms with E-state index in [0.717, 1.165) is 30.5 Å². The summed E-state index contributed by atoms with van der Waals surface area (Å²) in [6.45, 7) is 5.23. The van der Waals surface area contributed by atoms with Crippen LogP contribution in [0.5, 0.6) is 0 Å². The molecule has 0 bridgehead atoms. The molecule has 98 valence electrons. The number of halogens is 1. The standard InChI is InChI=1S/C15H20ClNO/c1-2-18-11-3-10-17-15(12-4-5-12)13-6-8-14(16)9-7-13/h2,6-9,12,15,17H,1,3-5,10-11H2. The minimum absolute atomic E-state index is 0.464. The van der Waals surface area contributed by atoms with Crippen molar-refractivity contribution in [1.29, 1.82) is 0 Å². The molecule has 1 saturated carbocycles. The molecule has 1 N–H and O–H groups in total. The summed E-state index contributed by atoms with van der Waals surface area (Å²) < 4.78 is 5.12. The smallest absolute Gasteiger partial charge is 0.0885 e. The lowest BCUT2D eigenvalue weighted by molar-refractivity contribution is 0.242. The molecule has 0 aromatic heterocycles. The van der Waals surface area contributed by atoms with Crippen LogP contribution in [0.4, 0.5) is 0 Å². The fourth-order valence-electron chi connectivity index (χ4n) is 2.15. The third-order valence-electron chi connectivity index (χ3n) is 3.24. The minimum atomic E-state index is 0.464. The first-order valence-corrected chi connectivity index (χ1v) is 6.90. The molecule has 1 unspecified atom stereocenters. The Morgan fingerprint density at radius 3 is 2.72 bits per heavy atom. The normalized spacial score (nSPS) is 16.3. The Morgan fingerprint density at radius 1 is 1.39 bits per heavy atom. The van der Waals surface area contributed by atoms with E-state index in [1.165, 1.54) is 24.7 Å². The molecule has 1 aliphatic rings. The molecule has 0 spiro atoms. The largest absolute Gasteiger partial charge is 0.502 e. The zero-order valence-corrected chi connectivity index (χ0v) is 11.3. The van der Waals surface area contributed by atoms with Crippen molar-refractivity contribution in [2.45, 2.75) is 25.3 Å². The minimum Gasteiger partial charge on any atom is -0.502 e. The average molecular weight is 266 g/mol. The highest BCUT2D eigenvalue weighted by atomic mass is 35.5. The van der Waals surface area contributed by atoms with Gasteiger partial charge in [-0.1, -0.05) is 30.3 Å². The van der Waals surface area contributed by atoms with Gasteiger partial charge >= 0.3 is 0 Å². The molecule has 1 aliphatic carbocycles. The monoisotopic (exact) mass is 265 g/mol. The van der Waals surface area contributed by atoms with Crippen molar-refractivity contribution in [1.82, 2.24) is 5.32 Å². The highest BCUT2D eigenvalue weighted by molar-refractivity contribution is 6.30. The number of hydrogen-bond acceptors (Lipinski definition) is 2. The lowest BCUT2D eigenvalue weighted by Gasteiger charge is -2.18. The van der Waals surface area contributed by atoms with Crippen LogP contribution in [0.2, 0.25) is 5.02 Å². The third-order valence-corrected chi connectivity index (χ3v) is 3.50. The Bertz CT molecular complexity index is 373. The lowest BCUT2D eigenvalue weighted by atomic mass is 10.0. The van der Waals surface area contributed by atoms with Gasteiger partial charge in [-0.15, -0.1) is 0 Å². The van der Waals surface area contributed by atoms with E-state index in [2.05, 4.69) is 24.0 Å². The summed E-state index contributed by atoms with van der Waals surface area (Å²) in [6, 6.07) is 8.65. The number of benzene rings is 1. The number of hydrogen-bond donors (Lipinski definition) is 1. The molecule has 0 radical (unpaired) electrons. The van der Waals surface area contributed by atoms with E-state index in [9.17, 15) is 0 Å². The van der Waals surface area contributed by atoms with Crippen LogP contribution in [0.25, 0.3) is 0 Å². The number of ether oxygens (including phenoxy) is 1. The lowest BCUT2D eigenvalue weighted by Crippen LogP contribution is -2.24. The maximum absolute atomic E-state index is 5.93. The fraction of sp³-hybridized carbons (Fsp3) is 0.467. The first-order chi connectivity index (χ1) is 8.81. The predicted octanol–water partition coefficient (Wildman–Crippen LogP) is 3.93. The van der Waals surface area contributed by atoms with Gasteiger partial charge in [0.25, 0.3) is 0 Å². The quantitative estimate of drug-likeness (QED) is 0.568. The van der Waals surface area contributed by atoms with E-state index < -0.39 is 0 Å². The highest BCUT2D eigenvalue weighted by Gasteiger charge is 2.31. The molecule has 18 heavy (non-hydrogen) atoms. The summed E-state index contributed by atoms with van der Waals surface area (Å²) in [4.78, 5) is 0. The van der Waals surface area contributed by atoms with Crippen molar-refractivity contribution in [2.24, 2.45) is 5.92 Å². The Morgan fingerprint density at radius 2 is 2.11 bits per heavy atom. The summed E-state index contributed by atoms with van der Waals surface area (Å²) in [5.74, 6) is 0.784. The van der Waals surface area contributed by atoms with Crippen molar-refractivity contribution in [3.63, 3.8) is 0 Å². The van der Waals surface area contributed by atoms with Gasteiger partial charge in [-0.3, -0.25) is 0 Å². The Balaban J connectivity index is 1.84. The molecule has 0 aliphatic heterocycles. The molecular weight excluding hydrogens is 246 g/mol. The van der Waals surface area contributed by atoms with Crippen LogP contribution in [0.1, 0.15) is 30.9 Å².